The number of aromatic nitrogens is 2. The van der Waals surface area contributed by atoms with Gasteiger partial charge in [0.15, 0.2) is 11.4 Å². The van der Waals surface area contributed by atoms with Gasteiger partial charge < -0.3 is 14.4 Å². The maximum Gasteiger partial charge on any atom is 0.260 e. The fourth-order valence-corrected chi connectivity index (χ4v) is 3.09. The first-order chi connectivity index (χ1) is 12.7. The number of aryl methyl sites for hydroxylation is 1. The molecule has 6 heteroatoms. The third kappa shape index (κ3) is 3.41. The molecule has 134 valence electrons. The molecule has 6 nitrogen and oxygen atoms in total. The van der Waals surface area contributed by atoms with E-state index in [0.29, 0.717) is 37.0 Å². The van der Waals surface area contributed by atoms with E-state index in [1.165, 1.54) is 0 Å². The first-order valence-electron chi connectivity index (χ1n) is 8.74. The van der Waals surface area contributed by atoms with Crippen molar-refractivity contribution >= 4 is 11.5 Å². The molecule has 0 N–H and O–H groups in total. The quantitative estimate of drug-likeness (QED) is 0.723. The van der Waals surface area contributed by atoms with Crippen LogP contribution in [0, 0.1) is 6.92 Å². The molecule has 3 heterocycles. The van der Waals surface area contributed by atoms with E-state index in [1.807, 2.05) is 43.3 Å². The Morgan fingerprint density at radius 1 is 1.15 bits per heavy atom. The Morgan fingerprint density at radius 2 is 1.92 bits per heavy atom. The number of ether oxygens (including phenoxy) is 2. The third-order valence-corrected chi connectivity index (χ3v) is 4.42. The van der Waals surface area contributed by atoms with E-state index in [1.54, 1.807) is 16.7 Å². The van der Waals surface area contributed by atoms with Crippen LogP contribution in [0.2, 0.25) is 0 Å². The van der Waals surface area contributed by atoms with Gasteiger partial charge in [0.25, 0.3) is 5.56 Å². The molecule has 0 amide bonds. The second-order valence-corrected chi connectivity index (χ2v) is 6.40. The van der Waals surface area contributed by atoms with Crippen LogP contribution in [0.4, 0.5) is 5.82 Å². The molecule has 0 bridgehead atoms. The maximum atomic E-state index is 12.6. The zero-order chi connectivity index (χ0) is 17.9. The van der Waals surface area contributed by atoms with Crippen molar-refractivity contribution in [3.63, 3.8) is 0 Å². The largest absolute Gasteiger partial charge is 0.485 e. The number of hydrogen-bond acceptors (Lipinski definition) is 5. The molecule has 0 spiro atoms. The van der Waals surface area contributed by atoms with Crippen molar-refractivity contribution in [3.05, 3.63) is 70.1 Å². The molecular formula is C20H21N3O3. The van der Waals surface area contributed by atoms with E-state index in [-0.39, 0.29) is 5.56 Å². The van der Waals surface area contributed by atoms with Crippen molar-refractivity contribution in [3.8, 4) is 5.75 Å². The van der Waals surface area contributed by atoms with Crippen LogP contribution in [0.5, 0.6) is 5.75 Å². The number of morpholine rings is 1. The van der Waals surface area contributed by atoms with Gasteiger partial charge in [-0.05, 0) is 24.1 Å². The zero-order valence-electron chi connectivity index (χ0n) is 14.7. The number of pyridine rings is 1. The average Bonchev–Trinajstić information content (AvgIpc) is 2.68. The number of nitrogens with zero attached hydrogens (tertiary/aromatic N) is 3. The van der Waals surface area contributed by atoms with Crippen molar-refractivity contribution in [2.45, 2.75) is 13.5 Å². The lowest BCUT2D eigenvalue weighted by Gasteiger charge is -2.27. The van der Waals surface area contributed by atoms with Gasteiger partial charge in [-0.1, -0.05) is 30.3 Å². The Morgan fingerprint density at radius 3 is 2.69 bits per heavy atom. The first kappa shape index (κ1) is 16.6. The molecule has 0 aliphatic carbocycles. The number of benzene rings is 1. The van der Waals surface area contributed by atoms with Crippen LogP contribution >= 0.6 is 0 Å². The standard InChI is InChI=1S/C20H21N3O3/c1-15-11-17(26-14-16-5-3-2-4-6-16)20-21-18(12-19(24)23(20)13-15)22-7-9-25-10-8-22/h2-6,11-13H,7-10,14H2,1H3. The van der Waals surface area contributed by atoms with Gasteiger partial charge >= 0.3 is 0 Å². The molecule has 1 aliphatic rings. The van der Waals surface area contributed by atoms with E-state index in [4.69, 9.17) is 14.5 Å². The van der Waals surface area contributed by atoms with E-state index < -0.39 is 0 Å². The smallest absolute Gasteiger partial charge is 0.260 e. The Labute approximate surface area is 151 Å². The van der Waals surface area contributed by atoms with Gasteiger partial charge in [0.1, 0.15) is 12.4 Å². The van der Waals surface area contributed by atoms with E-state index >= 15 is 0 Å². The molecular weight excluding hydrogens is 330 g/mol. The van der Waals surface area contributed by atoms with Crippen molar-refractivity contribution < 1.29 is 9.47 Å². The van der Waals surface area contributed by atoms with Gasteiger partial charge in [0.05, 0.1) is 13.2 Å². The Bertz CT molecular complexity index is 963. The molecule has 1 saturated heterocycles. The Kier molecular flexibility index (Phi) is 4.58. The zero-order valence-corrected chi connectivity index (χ0v) is 14.7. The summed E-state index contributed by atoms with van der Waals surface area (Å²) in [4.78, 5) is 19.4. The molecule has 3 aromatic rings. The van der Waals surface area contributed by atoms with Gasteiger partial charge in [-0.3, -0.25) is 9.20 Å². The van der Waals surface area contributed by atoms with Crippen LogP contribution in [-0.2, 0) is 11.3 Å². The van der Waals surface area contributed by atoms with Crippen LogP contribution in [0.3, 0.4) is 0 Å². The number of hydrogen-bond donors (Lipinski definition) is 0. The van der Waals surface area contributed by atoms with Crippen LogP contribution in [0.15, 0.2) is 53.5 Å². The van der Waals surface area contributed by atoms with Crippen LogP contribution in [0.1, 0.15) is 11.1 Å². The molecule has 1 aromatic carbocycles. The lowest BCUT2D eigenvalue weighted by atomic mass is 10.2. The highest BCUT2D eigenvalue weighted by Crippen LogP contribution is 2.22. The lowest BCUT2D eigenvalue weighted by Crippen LogP contribution is -2.37. The summed E-state index contributed by atoms with van der Waals surface area (Å²) in [6, 6.07) is 13.5. The summed E-state index contributed by atoms with van der Waals surface area (Å²) in [6.07, 6.45) is 1.79. The molecule has 1 aliphatic heterocycles. The summed E-state index contributed by atoms with van der Waals surface area (Å²) in [5.74, 6) is 1.28. The second-order valence-electron chi connectivity index (χ2n) is 6.40. The third-order valence-electron chi connectivity index (χ3n) is 4.42. The second kappa shape index (κ2) is 7.17. The minimum atomic E-state index is -0.107. The average molecular weight is 351 g/mol. The van der Waals surface area contributed by atoms with Gasteiger partial charge in [-0.25, -0.2) is 4.98 Å². The van der Waals surface area contributed by atoms with E-state index in [9.17, 15) is 4.79 Å². The monoisotopic (exact) mass is 351 g/mol. The predicted octanol–water partition coefficient (Wildman–Crippen LogP) is 2.42. The number of anilines is 1. The highest BCUT2D eigenvalue weighted by molar-refractivity contribution is 5.58. The summed E-state index contributed by atoms with van der Waals surface area (Å²) < 4.78 is 13.0. The van der Waals surface area contributed by atoms with Crippen LogP contribution in [0.25, 0.3) is 5.65 Å². The summed E-state index contributed by atoms with van der Waals surface area (Å²) in [6.45, 7) is 5.12. The van der Waals surface area contributed by atoms with Gasteiger partial charge in [-0.15, -0.1) is 0 Å². The molecule has 0 radical (unpaired) electrons. The number of rotatable bonds is 4. The van der Waals surface area contributed by atoms with Crippen LogP contribution < -0.4 is 15.2 Å². The molecule has 4 rings (SSSR count). The molecule has 1 fully saturated rings. The predicted molar refractivity (Wildman–Crippen MR) is 100 cm³/mol. The van der Waals surface area contributed by atoms with Crippen molar-refractivity contribution in [1.82, 2.24) is 9.38 Å². The fraction of sp³-hybridized carbons (Fsp3) is 0.300. The topological polar surface area (TPSA) is 56.1 Å². The van der Waals surface area contributed by atoms with Gasteiger partial charge in [-0.2, -0.15) is 0 Å². The highest BCUT2D eigenvalue weighted by atomic mass is 16.5. The van der Waals surface area contributed by atoms with E-state index in [0.717, 1.165) is 24.2 Å². The summed E-state index contributed by atoms with van der Waals surface area (Å²) in [7, 11) is 0. The molecule has 0 saturated carbocycles. The summed E-state index contributed by atoms with van der Waals surface area (Å²) in [5, 5.41) is 0. The Balaban J connectivity index is 1.73. The first-order valence-corrected chi connectivity index (χ1v) is 8.74. The summed E-state index contributed by atoms with van der Waals surface area (Å²) >= 11 is 0. The lowest BCUT2D eigenvalue weighted by molar-refractivity contribution is 0.122. The molecule has 0 atom stereocenters. The SMILES string of the molecule is Cc1cc(OCc2ccccc2)c2nc(N3CCOCC3)cc(=O)n2c1. The minimum Gasteiger partial charge on any atom is -0.485 e. The normalized spacial score (nSPS) is 14.6. The van der Waals surface area contributed by atoms with Crippen molar-refractivity contribution in [2.24, 2.45) is 0 Å². The van der Waals surface area contributed by atoms with E-state index in [2.05, 4.69) is 4.90 Å². The molecule has 26 heavy (non-hydrogen) atoms. The van der Waals surface area contributed by atoms with Crippen molar-refractivity contribution in [1.29, 1.82) is 0 Å². The minimum absolute atomic E-state index is 0.107. The Hall–Kier alpha value is -2.86. The number of fused-ring (bicyclic) bond motifs is 1. The molecule has 0 unspecified atom stereocenters. The highest BCUT2D eigenvalue weighted by Gasteiger charge is 2.16. The van der Waals surface area contributed by atoms with Gasteiger partial charge in [0.2, 0.25) is 0 Å². The molecule has 2 aromatic heterocycles. The fourth-order valence-electron chi connectivity index (χ4n) is 3.09. The maximum absolute atomic E-state index is 12.6. The van der Waals surface area contributed by atoms with Crippen molar-refractivity contribution in [2.75, 3.05) is 31.2 Å². The van der Waals surface area contributed by atoms with Crippen LogP contribution in [-0.4, -0.2) is 35.7 Å². The van der Waals surface area contributed by atoms with Gasteiger partial charge in [0, 0.05) is 25.4 Å². The summed E-state index contributed by atoms with van der Waals surface area (Å²) in [5.41, 5.74) is 2.45.